The molecule has 0 heterocycles. The van der Waals surface area contributed by atoms with Crippen molar-refractivity contribution in [3.63, 3.8) is 0 Å². The highest BCUT2D eigenvalue weighted by Crippen LogP contribution is 2.28. The molecule has 0 spiro atoms. The van der Waals surface area contributed by atoms with Crippen molar-refractivity contribution in [1.82, 2.24) is 4.90 Å². The Morgan fingerprint density at radius 2 is 1.76 bits per heavy atom. The van der Waals surface area contributed by atoms with Gasteiger partial charge in [0, 0.05) is 12.6 Å². The van der Waals surface area contributed by atoms with E-state index in [1.807, 2.05) is 18.2 Å². The summed E-state index contributed by atoms with van der Waals surface area (Å²) in [5.41, 5.74) is 1.19. The maximum atomic E-state index is 11.1. The van der Waals surface area contributed by atoms with Gasteiger partial charge in [-0.1, -0.05) is 57.5 Å². The van der Waals surface area contributed by atoms with Crippen molar-refractivity contribution in [2.45, 2.75) is 39.7 Å². The van der Waals surface area contributed by atoms with Gasteiger partial charge in [-0.25, -0.2) is 0 Å². The Morgan fingerprint density at radius 3 is 2.24 bits per heavy atom. The zero-order valence-corrected chi connectivity index (χ0v) is 14.0. The summed E-state index contributed by atoms with van der Waals surface area (Å²) in [5, 5.41) is 0. The zero-order valence-electron chi connectivity index (χ0n) is 13.2. The third-order valence-electron chi connectivity index (χ3n) is 3.60. The van der Waals surface area contributed by atoms with E-state index in [0.717, 1.165) is 19.4 Å². The molecule has 0 aliphatic carbocycles. The zero-order chi connectivity index (χ0) is 15.9. The highest BCUT2D eigenvalue weighted by molar-refractivity contribution is 7.85. The van der Waals surface area contributed by atoms with Gasteiger partial charge in [0.25, 0.3) is 10.1 Å². The SMILES string of the molecule is CCCCN(CCS(=O)(=O)O)C(c1ccccc1)C(C)C. The predicted octanol–water partition coefficient (Wildman–Crippen LogP) is 3.37. The van der Waals surface area contributed by atoms with Crippen molar-refractivity contribution in [3.8, 4) is 0 Å². The molecule has 4 nitrogen and oxygen atoms in total. The Kier molecular flexibility index (Phi) is 7.35. The molecule has 0 aliphatic rings. The first-order valence-corrected chi connectivity index (χ1v) is 9.20. The molecule has 0 aliphatic heterocycles. The van der Waals surface area contributed by atoms with Crippen LogP contribution in [0, 0.1) is 5.92 Å². The van der Waals surface area contributed by atoms with E-state index in [9.17, 15) is 8.42 Å². The number of rotatable bonds is 9. The Hall–Kier alpha value is -0.910. The van der Waals surface area contributed by atoms with Gasteiger partial charge in [-0.2, -0.15) is 8.42 Å². The van der Waals surface area contributed by atoms with Gasteiger partial charge in [0.1, 0.15) is 0 Å². The van der Waals surface area contributed by atoms with Crippen LogP contribution in [-0.2, 0) is 10.1 Å². The van der Waals surface area contributed by atoms with E-state index in [0.29, 0.717) is 12.5 Å². The molecule has 1 N–H and O–H groups in total. The average Bonchev–Trinajstić information content (AvgIpc) is 2.41. The van der Waals surface area contributed by atoms with Crippen molar-refractivity contribution >= 4 is 10.1 Å². The standard InChI is InChI=1S/C16H27NO3S/c1-4-5-11-17(12-13-21(18,19)20)16(14(2)3)15-9-7-6-8-10-15/h6-10,14,16H,4-5,11-13H2,1-3H3,(H,18,19,20). The second-order valence-electron chi connectivity index (χ2n) is 5.78. The van der Waals surface area contributed by atoms with Gasteiger partial charge in [-0.3, -0.25) is 9.45 Å². The molecule has 0 amide bonds. The molecule has 0 saturated carbocycles. The van der Waals surface area contributed by atoms with Crippen LogP contribution in [0.4, 0.5) is 0 Å². The normalized spacial score (nSPS) is 13.8. The molecule has 1 aromatic carbocycles. The monoisotopic (exact) mass is 313 g/mol. The molecule has 1 aromatic rings. The van der Waals surface area contributed by atoms with Gasteiger partial charge in [0.05, 0.1) is 5.75 Å². The molecule has 120 valence electrons. The fourth-order valence-electron chi connectivity index (χ4n) is 2.65. The molecule has 21 heavy (non-hydrogen) atoms. The molecule has 0 fully saturated rings. The van der Waals surface area contributed by atoms with Crippen LogP contribution in [0.3, 0.4) is 0 Å². The summed E-state index contributed by atoms with van der Waals surface area (Å²) < 4.78 is 31.2. The van der Waals surface area contributed by atoms with Crippen LogP contribution < -0.4 is 0 Å². The maximum absolute atomic E-state index is 11.1. The van der Waals surface area contributed by atoms with Crippen LogP contribution >= 0.6 is 0 Å². The first-order valence-electron chi connectivity index (χ1n) is 7.59. The van der Waals surface area contributed by atoms with E-state index in [2.05, 4.69) is 37.8 Å². The second kappa shape index (κ2) is 8.51. The van der Waals surface area contributed by atoms with Crippen LogP contribution in [0.15, 0.2) is 30.3 Å². The Bertz CT molecular complexity index is 500. The summed E-state index contributed by atoms with van der Waals surface area (Å²) in [6.45, 7) is 7.60. The minimum absolute atomic E-state index is 0.166. The molecule has 1 atom stereocenters. The fourth-order valence-corrected chi connectivity index (χ4v) is 3.12. The van der Waals surface area contributed by atoms with E-state index in [4.69, 9.17) is 4.55 Å². The lowest BCUT2D eigenvalue weighted by Gasteiger charge is -2.34. The summed E-state index contributed by atoms with van der Waals surface area (Å²) in [7, 11) is -3.93. The van der Waals surface area contributed by atoms with Crippen molar-refractivity contribution in [2.75, 3.05) is 18.8 Å². The lowest BCUT2D eigenvalue weighted by Crippen LogP contribution is -2.36. The largest absolute Gasteiger partial charge is 0.295 e. The van der Waals surface area contributed by atoms with Crippen LogP contribution in [0.2, 0.25) is 0 Å². The number of nitrogens with zero attached hydrogens (tertiary/aromatic N) is 1. The van der Waals surface area contributed by atoms with E-state index < -0.39 is 10.1 Å². The minimum Gasteiger partial charge on any atom is -0.295 e. The molecule has 5 heteroatoms. The van der Waals surface area contributed by atoms with E-state index in [1.165, 1.54) is 5.56 Å². The first-order chi connectivity index (χ1) is 9.85. The van der Waals surface area contributed by atoms with Crippen LogP contribution in [0.5, 0.6) is 0 Å². The quantitative estimate of drug-likeness (QED) is 0.710. The molecule has 1 unspecified atom stereocenters. The van der Waals surface area contributed by atoms with Gasteiger partial charge < -0.3 is 0 Å². The third kappa shape index (κ3) is 6.59. The third-order valence-corrected chi connectivity index (χ3v) is 4.30. The summed E-state index contributed by atoms with van der Waals surface area (Å²) in [4.78, 5) is 2.18. The summed E-state index contributed by atoms with van der Waals surface area (Å²) >= 11 is 0. The minimum atomic E-state index is -3.93. The van der Waals surface area contributed by atoms with Gasteiger partial charge in [-0.05, 0) is 24.4 Å². The van der Waals surface area contributed by atoms with Gasteiger partial charge in [-0.15, -0.1) is 0 Å². The number of unbranched alkanes of at least 4 members (excludes halogenated alkanes) is 1. The summed E-state index contributed by atoms with van der Waals surface area (Å²) in [6, 6.07) is 10.3. The van der Waals surface area contributed by atoms with Crippen molar-refractivity contribution in [3.05, 3.63) is 35.9 Å². The number of benzene rings is 1. The predicted molar refractivity (Wildman–Crippen MR) is 86.9 cm³/mol. The molecule has 0 bridgehead atoms. The van der Waals surface area contributed by atoms with Crippen molar-refractivity contribution in [2.24, 2.45) is 5.92 Å². The lowest BCUT2D eigenvalue weighted by molar-refractivity contribution is 0.161. The summed E-state index contributed by atoms with van der Waals surface area (Å²) in [5.74, 6) is 0.151. The highest BCUT2D eigenvalue weighted by atomic mass is 32.2. The van der Waals surface area contributed by atoms with Crippen molar-refractivity contribution < 1.29 is 13.0 Å². The summed E-state index contributed by atoms with van der Waals surface area (Å²) in [6.07, 6.45) is 2.07. The number of hydrogen-bond donors (Lipinski definition) is 1. The molecular formula is C16H27NO3S. The molecular weight excluding hydrogens is 286 g/mol. The molecule has 0 radical (unpaired) electrons. The lowest BCUT2D eigenvalue weighted by atomic mass is 9.94. The first kappa shape index (κ1) is 18.1. The Balaban J connectivity index is 2.95. The van der Waals surface area contributed by atoms with Crippen LogP contribution in [0.1, 0.15) is 45.2 Å². The van der Waals surface area contributed by atoms with Crippen LogP contribution in [0.25, 0.3) is 0 Å². The van der Waals surface area contributed by atoms with Crippen molar-refractivity contribution in [1.29, 1.82) is 0 Å². The molecule has 1 rings (SSSR count). The van der Waals surface area contributed by atoms with Crippen LogP contribution in [-0.4, -0.2) is 36.7 Å². The fraction of sp³-hybridized carbons (Fsp3) is 0.625. The van der Waals surface area contributed by atoms with E-state index >= 15 is 0 Å². The Labute approximate surface area is 128 Å². The van der Waals surface area contributed by atoms with Gasteiger partial charge in [0.2, 0.25) is 0 Å². The second-order valence-corrected chi connectivity index (χ2v) is 7.35. The van der Waals surface area contributed by atoms with Gasteiger partial charge in [0.15, 0.2) is 0 Å². The van der Waals surface area contributed by atoms with Gasteiger partial charge >= 0.3 is 0 Å². The smallest absolute Gasteiger partial charge is 0.266 e. The topological polar surface area (TPSA) is 57.6 Å². The Morgan fingerprint density at radius 1 is 1.14 bits per heavy atom. The molecule has 0 aromatic heterocycles. The number of hydrogen-bond acceptors (Lipinski definition) is 3. The highest BCUT2D eigenvalue weighted by Gasteiger charge is 2.24. The van der Waals surface area contributed by atoms with E-state index in [1.54, 1.807) is 0 Å². The molecule has 0 saturated heterocycles. The average molecular weight is 313 g/mol. The maximum Gasteiger partial charge on any atom is 0.266 e. The van der Waals surface area contributed by atoms with E-state index in [-0.39, 0.29) is 11.8 Å².